The molecule has 1 aromatic carbocycles. The third-order valence-electron chi connectivity index (χ3n) is 3.88. The number of nitro benzene ring substituents is 1. The van der Waals surface area contributed by atoms with E-state index in [4.69, 9.17) is 4.74 Å². The maximum atomic E-state index is 11.9. The normalized spacial score (nSPS) is 15.3. The van der Waals surface area contributed by atoms with E-state index in [1.165, 1.54) is 44.6 Å². The van der Waals surface area contributed by atoms with Gasteiger partial charge in [-0.1, -0.05) is 25.3 Å². The van der Waals surface area contributed by atoms with Gasteiger partial charge in [-0.05, 0) is 24.8 Å². The second kappa shape index (κ2) is 8.17. The van der Waals surface area contributed by atoms with Gasteiger partial charge < -0.3 is 15.4 Å². The van der Waals surface area contributed by atoms with E-state index in [-0.39, 0.29) is 11.4 Å². The van der Waals surface area contributed by atoms with Gasteiger partial charge in [-0.2, -0.15) is 0 Å². The quantitative estimate of drug-likeness (QED) is 0.637. The number of urea groups is 1. The van der Waals surface area contributed by atoms with E-state index in [1.807, 2.05) is 6.08 Å². The van der Waals surface area contributed by atoms with Crippen LogP contribution in [-0.2, 0) is 0 Å². The number of non-ortho nitro benzene ring substituents is 1. The van der Waals surface area contributed by atoms with Gasteiger partial charge in [0.15, 0.2) is 0 Å². The van der Waals surface area contributed by atoms with E-state index in [9.17, 15) is 14.9 Å². The molecule has 0 aromatic heterocycles. The number of hydrogen-bond donors (Lipinski definition) is 2. The summed E-state index contributed by atoms with van der Waals surface area (Å²) in [4.78, 5) is 22.1. The van der Waals surface area contributed by atoms with Crippen LogP contribution in [0, 0.1) is 16.0 Å². The molecule has 0 atom stereocenters. The Morgan fingerprint density at radius 1 is 1.35 bits per heavy atom. The van der Waals surface area contributed by atoms with Gasteiger partial charge in [0, 0.05) is 12.3 Å². The lowest BCUT2D eigenvalue weighted by atomic mass is 9.89. The fourth-order valence-corrected chi connectivity index (χ4v) is 2.64. The lowest BCUT2D eigenvalue weighted by molar-refractivity contribution is -0.384. The second-order valence-corrected chi connectivity index (χ2v) is 5.50. The van der Waals surface area contributed by atoms with E-state index >= 15 is 0 Å². The Labute approximate surface area is 134 Å². The van der Waals surface area contributed by atoms with Crippen LogP contribution in [0.4, 0.5) is 16.2 Å². The van der Waals surface area contributed by atoms with Crippen LogP contribution in [0.5, 0.6) is 5.75 Å². The number of anilines is 1. The van der Waals surface area contributed by atoms with Gasteiger partial charge in [0.25, 0.3) is 5.69 Å². The molecule has 1 fully saturated rings. The van der Waals surface area contributed by atoms with Crippen LogP contribution in [0.15, 0.2) is 30.5 Å². The first-order valence-electron chi connectivity index (χ1n) is 7.67. The average Bonchev–Trinajstić information content (AvgIpc) is 2.56. The molecule has 2 N–H and O–H groups in total. The first kappa shape index (κ1) is 16.8. The zero-order valence-corrected chi connectivity index (χ0v) is 13.1. The van der Waals surface area contributed by atoms with Gasteiger partial charge in [0.2, 0.25) is 0 Å². The molecule has 0 spiro atoms. The SMILES string of the molecule is COc1cc([N+](=O)[O-])ccc1NC(=O)N/C=C/C1CCCCC1. The molecule has 0 heterocycles. The minimum absolute atomic E-state index is 0.0926. The van der Waals surface area contributed by atoms with Crippen LogP contribution in [0.1, 0.15) is 32.1 Å². The highest BCUT2D eigenvalue weighted by atomic mass is 16.6. The summed E-state index contributed by atoms with van der Waals surface area (Å²) in [5.74, 6) is 0.767. The molecule has 0 aliphatic heterocycles. The highest BCUT2D eigenvalue weighted by Gasteiger charge is 2.13. The van der Waals surface area contributed by atoms with Crippen LogP contribution < -0.4 is 15.4 Å². The van der Waals surface area contributed by atoms with Crippen LogP contribution in [0.2, 0.25) is 0 Å². The van der Waals surface area contributed by atoms with Crippen molar-refractivity contribution in [1.82, 2.24) is 5.32 Å². The van der Waals surface area contributed by atoms with E-state index in [2.05, 4.69) is 10.6 Å². The van der Waals surface area contributed by atoms with Gasteiger partial charge in [0.1, 0.15) is 5.75 Å². The summed E-state index contributed by atoms with van der Waals surface area (Å²) in [6.45, 7) is 0. The number of nitrogens with one attached hydrogen (secondary N) is 2. The number of carbonyl (C=O) groups is 1. The summed E-state index contributed by atoms with van der Waals surface area (Å²) in [7, 11) is 1.39. The smallest absolute Gasteiger partial charge is 0.323 e. The van der Waals surface area contributed by atoms with Crippen molar-refractivity contribution >= 4 is 17.4 Å². The number of benzene rings is 1. The molecule has 2 amide bonds. The van der Waals surface area contributed by atoms with Gasteiger partial charge in [-0.25, -0.2) is 4.79 Å². The predicted octanol–water partition coefficient (Wildman–Crippen LogP) is 3.82. The van der Waals surface area contributed by atoms with E-state index in [1.54, 1.807) is 6.20 Å². The molecule has 7 nitrogen and oxygen atoms in total. The maximum absolute atomic E-state index is 11.9. The van der Waals surface area contributed by atoms with Crippen molar-refractivity contribution in [3.8, 4) is 5.75 Å². The van der Waals surface area contributed by atoms with E-state index in [0.717, 1.165) is 12.8 Å². The Balaban J connectivity index is 1.91. The van der Waals surface area contributed by atoms with Crippen molar-refractivity contribution < 1.29 is 14.5 Å². The number of allylic oxidation sites excluding steroid dienone is 1. The summed E-state index contributed by atoms with van der Waals surface area (Å²) in [5, 5.41) is 16.0. The Morgan fingerprint density at radius 3 is 2.74 bits per heavy atom. The number of hydrogen-bond acceptors (Lipinski definition) is 4. The van der Waals surface area contributed by atoms with Gasteiger partial charge >= 0.3 is 6.03 Å². The second-order valence-electron chi connectivity index (χ2n) is 5.50. The number of methoxy groups -OCH3 is 1. The summed E-state index contributed by atoms with van der Waals surface area (Å²) < 4.78 is 5.07. The zero-order chi connectivity index (χ0) is 16.7. The number of nitro groups is 1. The Bertz CT molecular complexity index is 595. The van der Waals surface area contributed by atoms with Crippen LogP contribution in [0.25, 0.3) is 0 Å². The van der Waals surface area contributed by atoms with Crippen LogP contribution in [-0.4, -0.2) is 18.1 Å². The van der Waals surface area contributed by atoms with E-state index < -0.39 is 11.0 Å². The molecule has 23 heavy (non-hydrogen) atoms. The van der Waals surface area contributed by atoms with Crippen molar-refractivity contribution in [3.63, 3.8) is 0 Å². The number of carbonyl (C=O) groups excluding carboxylic acids is 1. The predicted molar refractivity (Wildman–Crippen MR) is 87.5 cm³/mol. The topological polar surface area (TPSA) is 93.5 Å². The Kier molecular flexibility index (Phi) is 5.96. The summed E-state index contributed by atoms with van der Waals surface area (Å²) in [6.07, 6.45) is 9.77. The monoisotopic (exact) mass is 319 g/mol. The fourth-order valence-electron chi connectivity index (χ4n) is 2.64. The zero-order valence-electron chi connectivity index (χ0n) is 13.1. The third kappa shape index (κ3) is 4.98. The number of amides is 2. The molecule has 2 rings (SSSR count). The molecule has 7 heteroatoms. The molecule has 1 aromatic rings. The third-order valence-corrected chi connectivity index (χ3v) is 3.88. The molecule has 0 saturated heterocycles. The number of nitrogens with zero attached hydrogens (tertiary/aromatic N) is 1. The maximum Gasteiger partial charge on any atom is 0.323 e. The molecule has 1 saturated carbocycles. The van der Waals surface area contributed by atoms with Crippen molar-refractivity contribution in [2.75, 3.05) is 12.4 Å². The first-order chi connectivity index (χ1) is 11.1. The molecular formula is C16H21N3O4. The van der Waals surface area contributed by atoms with Crippen molar-refractivity contribution in [2.45, 2.75) is 32.1 Å². The molecule has 0 radical (unpaired) electrons. The minimum atomic E-state index is -0.515. The summed E-state index contributed by atoms with van der Waals surface area (Å²) >= 11 is 0. The summed E-state index contributed by atoms with van der Waals surface area (Å²) in [6, 6.07) is 3.62. The summed E-state index contributed by atoms with van der Waals surface area (Å²) in [5.41, 5.74) is 0.284. The number of ether oxygens (including phenoxy) is 1. The van der Waals surface area contributed by atoms with Crippen molar-refractivity contribution in [2.24, 2.45) is 5.92 Å². The minimum Gasteiger partial charge on any atom is -0.494 e. The largest absolute Gasteiger partial charge is 0.494 e. The molecule has 1 aliphatic rings. The highest BCUT2D eigenvalue weighted by Crippen LogP contribution is 2.29. The average molecular weight is 319 g/mol. The van der Waals surface area contributed by atoms with Crippen LogP contribution in [0.3, 0.4) is 0 Å². The lowest BCUT2D eigenvalue weighted by Gasteiger charge is -2.17. The fraction of sp³-hybridized carbons (Fsp3) is 0.438. The molecule has 124 valence electrons. The van der Waals surface area contributed by atoms with Crippen LogP contribution >= 0.6 is 0 Å². The van der Waals surface area contributed by atoms with Gasteiger partial charge in [-0.3, -0.25) is 10.1 Å². The van der Waals surface area contributed by atoms with Crippen molar-refractivity contribution in [3.05, 3.63) is 40.6 Å². The number of rotatable bonds is 5. The first-order valence-corrected chi connectivity index (χ1v) is 7.67. The Morgan fingerprint density at radius 2 is 2.09 bits per heavy atom. The van der Waals surface area contributed by atoms with E-state index in [0.29, 0.717) is 11.6 Å². The molecule has 1 aliphatic carbocycles. The molecule has 0 bridgehead atoms. The highest BCUT2D eigenvalue weighted by molar-refractivity contribution is 5.91. The molecular weight excluding hydrogens is 298 g/mol. The van der Waals surface area contributed by atoms with Gasteiger partial charge in [0.05, 0.1) is 23.8 Å². The van der Waals surface area contributed by atoms with Gasteiger partial charge in [-0.15, -0.1) is 0 Å². The standard InChI is InChI=1S/C16H21N3O4/c1-23-15-11-13(19(21)22)7-8-14(15)18-16(20)17-10-9-12-5-3-2-4-6-12/h7-12H,2-6H2,1H3,(H2,17,18,20)/b10-9+. The van der Waals surface area contributed by atoms with Crippen molar-refractivity contribution in [1.29, 1.82) is 0 Å². The molecule has 0 unspecified atom stereocenters. The lowest BCUT2D eigenvalue weighted by Crippen LogP contribution is -2.24. The Hall–Kier alpha value is -2.57.